The molecule has 0 atom stereocenters. The Labute approximate surface area is 161 Å². The van der Waals surface area contributed by atoms with Crippen LogP contribution in [-0.2, 0) is 16.1 Å². The molecular weight excluding hydrogens is 338 g/mol. The molecular formula is C22H31N3O2. The number of nitrogens with one attached hydrogen (secondary N) is 1. The van der Waals surface area contributed by atoms with Gasteiger partial charge in [0.25, 0.3) is 0 Å². The number of carbonyl (C=O) groups is 1. The molecule has 1 aromatic carbocycles. The highest BCUT2D eigenvalue weighted by molar-refractivity contribution is 5.80. The maximum atomic E-state index is 12.6. The molecule has 2 aliphatic rings. The van der Waals surface area contributed by atoms with E-state index < -0.39 is 0 Å². The van der Waals surface area contributed by atoms with E-state index in [0.29, 0.717) is 6.42 Å². The van der Waals surface area contributed by atoms with E-state index in [4.69, 9.17) is 4.74 Å². The van der Waals surface area contributed by atoms with Crippen molar-refractivity contribution in [2.75, 3.05) is 32.8 Å². The third-order valence-corrected chi connectivity index (χ3v) is 6.34. The first kappa shape index (κ1) is 18.5. The Hall–Kier alpha value is -1.85. The number of fused-ring (bicyclic) bond motifs is 1. The lowest BCUT2D eigenvalue weighted by atomic mass is 9.79. The summed E-state index contributed by atoms with van der Waals surface area (Å²) < 4.78 is 7.72. The smallest absolute Gasteiger partial charge is 0.221 e. The average Bonchev–Trinajstić information content (AvgIpc) is 3.15. The number of aromatic nitrogens is 1. The second-order valence-electron chi connectivity index (χ2n) is 7.98. The van der Waals surface area contributed by atoms with Gasteiger partial charge in [0.1, 0.15) is 0 Å². The third-order valence-electron chi connectivity index (χ3n) is 6.34. The van der Waals surface area contributed by atoms with Crippen molar-refractivity contribution in [2.24, 2.45) is 0 Å². The standard InChI is InChI=1S/C22H31N3O2/c26-21(9-13-24-12-8-19-6-2-3-7-20(19)24)23-18-22(10-4-1-5-11-22)25-14-16-27-17-15-25/h2-3,6-8,12H,1,4-5,9-11,13-18H2,(H,23,26). The number of hydrogen-bond donors (Lipinski definition) is 1. The summed E-state index contributed by atoms with van der Waals surface area (Å²) in [6, 6.07) is 10.4. The van der Waals surface area contributed by atoms with Crippen LogP contribution in [0.1, 0.15) is 38.5 Å². The number of hydrogen-bond acceptors (Lipinski definition) is 3. The molecule has 0 unspecified atom stereocenters. The second kappa shape index (κ2) is 8.44. The minimum absolute atomic E-state index is 0.137. The van der Waals surface area contributed by atoms with E-state index in [1.807, 2.05) is 6.07 Å². The van der Waals surface area contributed by atoms with Crippen LogP contribution in [0.15, 0.2) is 36.5 Å². The van der Waals surface area contributed by atoms with E-state index in [1.165, 1.54) is 43.0 Å². The average molecular weight is 370 g/mol. The SMILES string of the molecule is O=C(CCn1ccc2ccccc21)NCC1(N2CCOCC2)CCCCC1. The van der Waals surface area contributed by atoms with Gasteiger partial charge in [-0.05, 0) is 30.4 Å². The van der Waals surface area contributed by atoms with Crippen molar-refractivity contribution in [3.8, 4) is 0 Å². The summed E-state index contributed by atoms with van der Waals surface area (Å²) in [5.41, 5.74) is 1.33. The highest BCUT2D eigenvalue weighted by Crippen LogP contribution is 2.33. The number of nitrogens with zero attached hydrogens (tertiary/aromatic N) is 2. The number of benzene rings is 1. The Morgan fingerprint density at radius 1 is 1.07 bits per heavy atom. The fourth-order valence-electron chi connectivity index (χ4n) is 4.76. The van der Waals surface area contributed by atoms with Gasteiger partial charge in [-0.1, -0.05) is 37.5 Å². The molecule has 5 nitrogen and oxygen atoms in total. The number of ether oxygens (including phenoxy) is 1. The number of rotatable bonds is 6. The molecule has 1 aliphatic carbocycles. The van der Waals surface area contributed by atoms with Gasteiger partial charge < -0.3 is 14.6 Å². The van der Waals surface area contributed by atoms with E-state index in [2.05, 4.69) is 45.2 Å². The minimum atomic E-state index is 0.137. The van der Waals surface area contributed by atoms with Gasteiger partial charge >= 0.3 is 0 Å². The number of morpholine rings is 1. The predicted molar refractivity (Wildman–Crippen MR) is 108 cm³/mol. The summed E-state index contributed by atoms with van der Waals surface area (Å²) in [5.74, 6) is 0.158. The van der Waals surface area contributed by atoms with Crippen LogP contribution in [0.5, 0.6) is 0 Å². The molecule has 1 saturated carbocycles. The quantitative estimate of drug-likeness (QED) is 0.851. The summed E-state index contributed by atoms with van der Waals surface area (Å²) in [4.78, 5) is 15.2. The molecule has 2 aromatic rings. The van der Waals surface area contributed by atoms with Crippen molar-refractivity contribution in [2.45, 2.75) is 50.6 Å². The molecule has 1 N–H and O–H groups in total. The zero-order valence-electron chi connectivity index (χ0n) is 16.2. The maximum absolute atomic E-state index is 12.6. The predicted octanol–water partition coefficient (Wildman–Crippen LogP) is 3.18. The van der Waals surface area contributed by atoms with E-state index >= 15 is 0 Å². The molecule has 0 radical (unpaired) electrons. The molecule has 0 spiro atoms. The number of carbonyl (C=O) groups excluding carboxylic acids is 1. The number of aryl methyl sites for hydroxylation is 1. The Morgan fingerprint density at radius 3 is 2.67 bits per heavy atom. The van der Waals surface area contributed by atoms with Crippen molar-refractivity contribution < 1.29 is 9.53 Å². The van der Waals surface area contributed by atoms with Gasteiger partial charge in [-0.25, -0.2) is 0 Å². The van der Waals surface area contributed by atoms with Crippen LogP contribution in [0.25, 0.3) is 10.9 Å². The fourth-order valence-corrected chi connectivity index (χ4v) is 4.76. The van der Waals surface area contributed by atoms with Crippen molar-refractivity contribution in [3.05, 3.63) is 36.5 Å². The van der Waals surface area contributed by atoms with E-state index in [-0.39, 0.29) is 11.4 Å². The van der Waals surface area contributed by atoms with Gasteiger partial charge in [0.2, 0.25) is 5.91 Å². The largest absolute Gasteiger partial charge is 0.379 e. The molecule has 146 valence electrons. The lowest BCUT2D eigenvalue weighted by Gasteiger charge is -2.48. The van der Waals surface area contributed by atoms with Gasteiger partial charge in [0.05, 0.1) is 13.2 Å². The van der Waals surface area contributed by atoms with Gasteiger partial charge in [-0.2, -0.15) is 0 Å². The van der Waals surface area contributed by atoms with Crippen molar-refractivity contribution in [1.82, 2.24) is 14.8 Å². The van der Waals surface area contributed by atoms with Crippen LogP contribution in [-0.4, -0.2) is 53.8 Å². The van der Waals surface area contributed by atoms with Crippen LogP contribution in [0.2, 0.25) is 0 Å². The Morgan fingerprint density at radius 2 is 1.85 bits per heavy atom. The lowest BCUT2D eigenvalue weighted by Crippen LogP contribution is -2.59. The fraction of sp³-hybridized carbons (Fsp3) is 0.591. The molecule has 1 saturated heterocycles. The number of para-hydroxylation sites is 1. The van der Waals surface area contributed by atoms with Gasteiger partial charge in [0.15, 0.2) is 0 Å². The zero-order chi connectivity index (χ0) is 18.5. The molecule has 5 heteroatoms. The van der Waals surface area contributed by atoms with Crippen LogP contribution in [0.4, 0.5) is 0 Å². The normalized spacial score (nSPS) is 20.6. The van der Waals surface area contributed by atoms with Crippen LogP contribution < -0.4 is 5.32 Å². The highest BCUT2D eigenvalue weighted by Gasteiger charge is 2.38. The zero-order valence-corrected chi connectivity index (χ0v) is 16.2. The third kappa shape index (κ3) is 4.19. The first-order valence-corrected chi connectivity index (χ1v) is 10.4. The number of amides is 1. The summed E-state index contributed by atoms with van der Waals surface area (Å²) >= 11 is 0. The van der Waals surface area contributed by atoms with Crippen LogP contribution in [0.3, 0.4) is 0 Å². The second-order valence-corrected chi connectivity index (χ2v) is 7.98. The molecule has 1 amide bonds. The summed E-state index contributed by atoms with van der Waals surface area (Å²) in [6.07, 6.45) is 8.84. The van der Waals surface area contributed by atoms with Crippen molar-refractivity contribution in [1.29, 1.82) is 0 Å². The van der Waals surface area contributed by atoms with E-state index in [0.717, 1.165) is 39.4 Å². The van der Waals surface area contributed by atoms with Gasteiger partial charge in [-0.15, -0.1) is 0 Å². The lowest BCUT2D eigenvalue weighted by molar-refractivity contribution is -0.122. The Kier molecular flexibility index (Phi) is 5.79. The maximum Gasteiger partial charge on any atom is 0.221 e. The Balaban J connectivity index is 1.34. The summed E-state index contributed by atoms with van der Waals surface area (Å²) in [6.45, 7) is 5.12. The van der Waals surface area contributed by atoms with E-state index in [1.54, 1.807) is 0 Å². The van der Waals surface area contributed by atoms with Crippen LogP contribution >= 0.6 is 0 Å². The summed E-state index contributed by atoms with van der Waals surface area (Å²) in [7, 11) is 0. The molecule has 2 heterocycles. The minimum Gasteiger partial charge on any atom is -0.379 e. The topological polar surface area (TPSA) is 46.5 Å². The first-order chi connectivity index (χ1) is 13.3. The van der Waals surface area contributed by atoms with Gasteiger partial charge in [-0.3, -0.25) is 9.69 Å². The molecule has 0 bridgehead atoms. The van der Waals surface area contributed by atoms with Crippen molar-refractivity contribution in [3.63, 3.8) is 0 Å². The molecule has 1 aliphatic heterocycles. The Bertz CT molecular complexity index is 758. The van der Waals surface area contributed by atoms with Gasteiger partial charge in [0, 0.05) is 49.9 Å². The monoisotopic (exact) mass is 369 g/mol. The van der Waals surface area contributed by atoms with Crippen LogP contribution in [0, 0.1) is 0 Å². The molecule has 1 aromatic heterocycles. The molecule has 2 fully saturated rings. The molecule has 4 rings (SSSR count). The first-order valence-electron chi connectivity index (χ1n) is 10.4. The van der Waals surface area contributed by atoms with E-state index in [9.17, 15) is 4.79 Å². The summed E-state index contributed by atoms with van der Waals surface area (Å²) in [5, 5.41) is 4.49. The highest BCUT2D eigenvalue weighted by atomic mass is 16.5. The molecule has 27 heavy (non-hydrogen) atoms. The van der Waals surface area contributed by atoms with Crippen molar-refractivity contribution >= 4 is 16.8 Å².